The fourth-order valence-electron chi connectivity index (χ4n) is 4.65. The SMILES string of the molecule is O=C(CCc1ccc(F)cc1)N1CCC2(CCCN(c3ccc(F)cc3)C2=O)CC1. The van der Waals surface area contributed by atoms with E-state index in [-0.39, 0.29) is 23.4 Å². The molecule has 30 heavy (non-hydrogen) atoms. The maximum Gasteiger partial charge on any atom is 0.233 e. The molecule has 1 spiro atoms. The Morgan fingerprint density at radius 3 is 2.10 bits per heavy atom. The molecule has 0 unspecified atom stereocenters. The average molecular weight is 412 g/mol. The third-order valence-electron chi connectivity index (χ3n) is 6.49. The first-order valence-electron chi connectivity index (χ1n) is 10.6. The zero-order valence-corrected chi connectivity index (χ0v) is 16.9. The molecule has 2 aromatic rings. The second kappa shape index (κ2) is 8.54. The van der Waals surface area contributed by atoms with Crippen molar-refractivity contribution in [3.63, 3.8) is 0 Å². The van der Waals surface area contributed by atoms with Crippen LogP contribution in [0.5, 0.6) is 0 Å². The number of nitrogens with zero attached hydrogens (tertiary/aromatic N) is 2. The number of hydrogen-bond acceptors (Lipinski definition) is 2. The van der Waals surface area contributed by atoms with E-state index in [1.165, 1.54) is 24.3 Å². The number of rotatable bonds is 4. The van der Waals surface area contributed by atoms with E-state index in [1.807, 2.05) is 4.90 Å². The van der Waals surface area contributed by atoms with Crippen LogP contribution in [-0.4, -0.2) is 36.3 Å². The molecule has 6 heteroatoms. The van der Waals surface area contributed by atoms with Crippen molar-refractivity contribution in [1.29, 1.82) is 0 Å². The summed E-state index contributed by atoms with van der Waals surface area (Å²) < 4.78 is 26.3. The van der Waals surface area contributed by atoms with Crippen LogP contribution in [0, 0.1) is 17.0 Å². The van der Waals surface area contributed by atoms with Crippen LogP contribution in [0.25, 0.3) is 0 Å². The van der Waals surface area contributed by atoms with Crippen LogP contribution in [0.15, 0.2) is 48.5 Å². The number of piperidine rings is 2. The molecule has 2 fully saturated rings. The zero-order chi connectivity index (χ0) is 21.1. The minimum atomic E-state index is -0.430. The number of carbonyl (C=O) groups excluding carboxylic acids is 2. The van der Waals surface area contributed by atoms with Crippen molar-refractivity contribution < 1.29 is 18.4 Å². The van der Waals surface area contributed by atoms with E-state index in [9.17, 15) is 18.4 Å². The summed E-state index contributed by atoms with van der Waals surface area (Å²) in [5, 5.41) is 0. The Balaban J connectivity index is 1.35. The summed E-state index contributed by atoms with van der Waals surface area (Å²) in [6.07, 6.45) is 4.02. The maximum absolute atomic E-state index is 13.3. The second-order valence-electron chi connectivity index (χ2n) is 8.32. The lowest BCUT2D eigenvalue weighted by Gasteiger charge is -2.46. The first-order valence-corrected chi connectivity index (χ1v) is 10.6. The molecule has 0 N–H and O–H groups in total. The van der Waals surface area contributed by atoms with Crippen LogP contribution in [-0.2, 0) is 16.0 Å². The summed E-state index contributed by atoms with van der Waals surface area (Å²) >= 11 is 0. The summed E-state index contributed by atoms with van der Waals surface area (Å²) in [5.74, 6) is -0.421. The Morgan fingerprint density at radius 2 is 1.47 bits per heavy atom. The predicted octanol–water partition coefficient (Wildman–Crippen LogP) is 4.33. The lowest BCUT2D eigenvalue weighted by Crippen LogP contribution is -2.54. The number of amides is 2. The van der Waals surface area contributed by atoms with Crippen molar-refractivity contribution in [2.24, 2.45) is 5.41 Å². The largest absolute Gasteiger partial charge is 0.343 e. The van der Waals surface area contributed by atoms with Crippen molar-refractivity contribution in [1.82, 2.24) is 4.90 Å². The molecule has 0 radical (unpaired) electrons. The van der Waals surface area contributed by atoms with Gasteiger partial charge in [0.1, 0.15) is 11.6 Å². The van der Waals surface area contributed by atoms with Crippen LogP contribution in [0.4, 0.5) is 14.5 Å². The van der Waals surface area contributed by atoms with E-state index in [1.54, 1.807) is 29.2 Å². The summed E-state index contributed by atoms with van der Waals surface area (Å²) in [6.45, 7) is 1.79. The fourth-order valence-corrected chi connectivity index (χ4v) is 4.65. The van der Waals surface area contributed by atoms with Gasteiger partial charge in [0.15, 0.2) is 0 Å². The van der Waals surface area contributed by atoms with Gasteiger partial charge in [-0.25, -0.2) is 8.78 Å². The first-order chi connectivity index (χ1) is 14.5. The van der Waals surface area contributed by atoms with Crippen LogP contribution >= 0.6 is 0 Å². The van der Waals surface area contributed by atoms with Gasteiger partial charge in [-0.3, -0.25) is 9.59 Å². The number of carbonyl (C=O) groups is 2. The molecule has 2 heterocycles. The van der Waals surface area contributed by atoms with Gasteiger partial charge in [0.05, 0.1) is 5.41 Å². The topological polar surface area (TPSA) is 40.6 Å². The molecule has 2 aliphatic rings. The van der Waals surface area contributed by atoms with Gasteiger partial charge < -0.3 is 9.80 Å². The van der Waals surface area contributed by atoms with E-state index in [4.69, 9.17) is 0 Å². The Bertz CT molecular complexity index is 904. The molecular formula is C24H26F2N2O2. The number of anilines is 1. The highest BCUT2D eigenvalue weighted by molar-refractivity contribution is 5.98. The first kappa shape index (κ1) is 20.5. The van der Waals surface area contributed by atoms with Gasteiger partial charge in [0.2, 0.25) is 11.8 Å². The number of halogens is 2. The molecule has 158 valence electrons. The molecule has 2 amide bonds. The van der Waals surface area contributed by atoms with Crippen LogP contribution in [0.1, 0.15) is 37.7 Å². The van der Waals surface area contributed by atoms with Gasteiger partial charge in [0, 0.05) is 31.7 Å². The zero-order valence-electron chi connectivity index (χ0n) is 16.9. The minimum absolute atomic E-state index is 0.0767. The standard InChI is InChI=1S/C24H26F2N2O2/c25-19-5-2-18(3-6-19)4-11-22(29)27-16-13-24(14-17-27)12-1-15-28(23(24)30)21-9-7-20(26)8-10-21/h2-3,5-10H,1,4,11-17H2. The predicted molar refractivity (Wildman–Crippen MR) is 111 cm³/mol. The van der Waals surface area contributed by atoms with E-state index in [2.05, 4.69) is 0 Å². The van der Waals surface area contributed by atoms with Crippen LogP contribution in [0.2, 0.25) is 0 Å². The van der Waals surface area contributed by atoms with Crippen molar-refractivity contribution in [3.05, 3.63) is 65.7 Å². The molecule has 2 aromatic carbocycles. The number of likely N-dealkylation sites (tertiary alicyclic amines) is 1. The Kier molecular flexibility index (Phi) is 5.84. The highest BCUT2D eigenvalue weighted by atomic mass is 19.1. The summed E-state index contributed by atoms with van der Waals surface area (Å²) in [7, 11) is 0. The van der Waals surface area contributed by atoms with Crippen LogP contribution < -0.4 is 4.90 Å². The summed E-state index contributed by atoms with van der Waals surface area (Å²) in [6, 6.07) is 12.3. The third-order valence-corrected chi connectivity index (χ3v) is 6.49. The lowest BCUT2D eigenvalue weighted by atomic mass is 9.71. The minimum Gasteiger partial charge on any atom is -0.343 e. The van der Waals surface area contributed by atoms with E-state index < -0.39 is 5.41 Å². The van der Waals surface area contributed by atoms with Gasteiger partial charge >= 0.3 is 0 Å². The molecule has 2 saturated heterocycles. The number of hydrogen-bond donors (Lipinski definition) is 0. The molecule has 2 aliphatic heterocycles. The highest BCUT2D eigenvalue weighted by Gasteiger charge is 2.46. The summed E-state index contributed by atoms with van der Waals surface area (Å²) in [4.78, 5) is 29.5. The number of benzene rings is 2. The van der Waals surface area contributed by atoms with Crippen molar-refractivity contribution in [2.45, 2.75) is 38.5 Å². The van der Waals surface area contributed by atoms with Gasteiger partial charge in [-0.05, 0) is 74.1 Å². The van der Waals surface area contributed by atoms with Gasteiger partial charge in [0.25, 0.3) is 0 Å². The lowest BCUT2D eigenvalue weighted by molar-refractivity contribution is -0.140. The Morgan fingerprint density at radius 1 is 0.867 bits per heavy atom. The third kappa shape index (κ3) is 4.23. The molecule has 0 saturated carbocycles. The molecule has 4 nitrogen and oxygen atoms in total. The molecule has 0 bridgehead atoms. The monoisotopic (exact) mass is 412 g/mol. The molecule has 4 rings (SSSR count). The van der Waals surface area contributed by atoms with E-state index >= 15 is 0 Å². The fraction of sp³-hybridized carbons (Fsp3) is 0.417. The second-order valence-corrected chi connectivity index (χ2v) is 8.32. The van der Waals surface area contributed by atoms with Gasteiger partial charge in [-0.15, -0.1) is 0 Å². The molecular weight excluding hydrogens is 386 g/mol. The van der Waals surface area contributed by atoms with Gasteiger partial charge in [-0.2, -0.15) is 0 Å². The molecule has 0 aromatic heterocycles. The normalized spacial score (nSPS) is 18.7. The summed E-state index contributed by atoms with van der Waals surface area (Å²) in [5.41, 5.74) is 1.24. The maximum atomic E-state index is 13.3. The van der Waals surface area contributed by atoms with Crippen LogP contribution in [0.3, 0.4) is 0 Å². The average Bonchev–Trinajstić information content (AvgIpc) is 2.76. The Hall–Kier alpha value is -2.76. The van der Waals surface area contributed by atoms with Gasteiger partial charge in [-0.1, -0.05) is 12.1 Å². The van der Waals surface area contributed by atoms with E-state index in [0.717, 1.165) is 24.1 Å². The smallest absolute Gasteiger partial charge is 0.233 e. The molecule has 0 atom stereocenters. The molecule has 0 aliphatic carbocycles. The van der Waals surface area contributed by atoms with Crippen molar-refractivity contribution in [3.8, 4) is 0 Å². The van der Waals surface area contributed by atoms with Crippen molar-refractivity contribution in [2.75, 3.05) is 24.5 Å². The Labute approximate surface area is 175 Å². The highest BCUT2D eigenvalue weighted by Crippen LogP contribution is 2.42. The number of aryl methyl sites for hydroxylation is 1. The van der Waals surface area contributed by atoms with E-state index in [0.29, 0.717) is 45.3 Å². The van der Waals surface area contributed by atoms with Crippen molar-refractivity contribution >= 4 is 17.5 Å². The quantitative estimate of drug-likeness (QED) is 0.750.